The number of nitrogens with one attached hydrogen (secondary N) is 2. The predicted molar refractivity (Wildman–Crippen MR) is 75.7 cm³/mol. The number of hydrogen-bond acceptors (Lipinski definition) is 3. The smallest absolute Gasteiger partial charge is 0.316 e. The van der Waals surface area contributed by atoms with Crippen LogP contribution in [0.4, 0.5) is 4.79 Å². The normalized spacial score (nSPS) is 20.8. The lowest BCUT2D eigenvalue weighted by Gasteiger charge is -2.27. The number of urea groups is 1. The van der Waals surface area contributed by atoms with Crippen molar-refractivity contribution in [3.05, 3.63) is 71.3 Å². The van der Waals surface area contributed by atoms with E-state index in [-0.39, 0.29) is 0 Å². The summed E-state index contributed by atoms with van der Waals surface area (Å²) in [5.41, 5.74) is 0.501. The fourth-order valence-electron chi connectivity index (χ4n) is 2.53. The van der Waals surface area contributed by atoms with Crippen LogP contribution in [0.15, 0.2) is 54.6 Å². The third-order valence-electron chi connectivity index (χ3n) is 3.56. The van der Waals surface area contributed by atoms with Crippen molar-refractivity contribution in [2.45, 2.75) is 5.54 Å². The summed E-state index contributed by atoms with van der Waals surface area (Å²) in [5.74, 6) is -0.433. The molecule has 21 heavy (non-hydrogen) atoms. The molecule has 0 bridgehead atoms. The summed E-state index contributed by atoms with van der Waals surface area (Å²) in [6.45, 7) is 0. The minimum absolute atomic E-state index is 0.433. The highest BCUT2D eigenvalue weighted by Crippen LogP contribution is 2.32. The Labute approximate surface area is 121 Å². The van der Waals surface area contributed by atoms with Crippen molar-refractivity contribution in [2.75, 3.05) is 0 Å². The zero-order chi connectivity index (χ0) is 14.9. The number of rotatable bonds is 3. The molecule has 0 aromatic heterocycles. The van der Waals surface area contributed by atoms with Crippen LogP contribution in [0.2, 0.25) is 0 Å². The average Bonchev–Trinajstić information content (AvgIpc) is 2.84. The molecule has 104 valence electrons. The Kier molecular flexibility index (Phi) is 3.02. The van der Waals surface area contributed by atoms with E-state index in [1.165, 1.54) is 0 Å². The molecule has 0 saturated carbocycles. The van der Waals surface area contributed by atoms with E-state index in [1.807, 2.05) is 6.07 Å². The predicted octanol–water partition coefficient (Wildman–Crippen LogP) is 1.58. The lowest BCUT2D eigenvalue weighted by atomic mass is 9.82. The third-order valence-corrected chi connectivity index (χ3v) is 3.56. The first-order chi connectivity index (χ1) is 10.2. The van der Waals surface area contributed by atoms with Gasteiger partial charge in [0.2, 0.25) is 0 Å². The fraction of sp³-hybridized carbons (Fsp3) is 0.0625. The van der Waals surface area contributed by atoms with Crippen molar-refractivity contribution < 1.29 is 14.4 Å². The summed E-state index contributed by atoms with van der Waals surface area (Å²) in [7, 11) is 0. The van der Waals surface area contributed by atoms with Gasteiger partial charge in [0, 0.05) is 5.56 Å². The summed E-state index contributed by atoms with van der Waals surface area (Å²) < 4.78 is 0. The minimum Gasteiger partial charge on any atom is -0.316 e. The van der Waals surface area contributed by atoms with Gasteiger partial charge in [0.05, 0.1) is 0 Å². The number of hydrogen-bond donors (Lipinski definition) is 2. The summed E-state index contributed by atoms with van der Waals surface area (Å²) in [6, 6.07) is 15.0. The molecule has 1 atom stereocenters. The standard InChI is InChI=1S/C16H12N2O3/c19-10-11-6-8-13(9-7-11)16(12-4-2-1-3-5-12)14(20)17-15(21)18-16/h1-10H,(H2,17,18,20,21). The van der Waals surface area contributed by atoms with Crippen molar-refractivity contribution in [2.24, 2.45) is 0 Å². The minimum atomic E-state index is -1.26. The van der Waals surface area contributed by atoms with Crippen LogP contribution in [0.5, 0.6) is 0 Å². The van der Waals surface area contributed by atoms with E-state index in [0.29, 0.717) is 16.7 Å². The van der Waals surface area contributed by atoms with Crippen LogP contribution in [-0.4, -0.2) is 18.2 Å². The maximum atomic E-state index is 12.4. The van der Waals surface area contributed by atoms with Crippen LogP contribution < -0.4 is 10.6 Å². The quantitative estimate of drug-likeness (QED) is 0.662. The van der Waals surface area contributed by atoms with E-state index >= 15 is 0 Å². The molecule has 0 radical (unpaired) electrons. The molecule has 2 aromatic carbocycles. The second-order valence-corrected chi connectivity index (χ2v) is 4.76. The molecular weight excluding hydrogens is 268 g/mol. The van der Waals surface area contributed by atoms with Gasteiger partial charge in [-0.1, -0.05) is 54.6 Å². The summed E-state index contributed by atoms with van der Waals surface area (Å²) in [6.07, 6.45) is 0.728. The van der Waals surface area contributed by atoms with E-state index in [1.54, 1.807) is 48.5 Å². The number of carbonyl (C=O) groups is 3. The van der Waals surface area contributed by atoms with E-state index in [0.717, 1.165) is 6.29 Å². The molecule has 1 aliphatic rings. The highest BCUT2D eigenvalue weighted by Gasteiger charge is 2.49. The first-order valence-electron chi connectivity index (χ1n) is 6.41. The second-order valence-electron chi connectivity index (χ2n) is 4.76. The Hall–Kier alpha value is -2.95. The van der Waals surface area contributed by atoms with E-state index in [9.17, 15) is 14.4 Å². The molecule has 1 fully saturated rings. The number of aldehydes is 1. The van der Waals surface area contributed by atoms with Gasteiger partial charge in [-0.05, 0) is 11.1 Å². The van der Waals surface area contributed by atoms with Gasteiger partial charge in [-0.15, -0.1) is 0 Å². The van der Waals surface area contributed by atoms with E-state index in [2.05, 4.69) is 10.6 Å². The Bertz CT molecular complexity index is 710. The van der Waals surface area contributed by atoms with E-state index < -0.39 is 17.5 Å². The second kappa shape index (κ2) is 4.86. The lowest BCUT2D eigenvalue weighted by molar-refractivity contribution is -0.122. The molecule has 5 heteroatoms. The zero-order valence-corrected chi connectivity index (χ0v) is 11.0. The van der Waals surface area contributed by atoms with Gasteiger partial charge in [-0.3, -0.25) is 14.9 Å². The van der Waals surface area contributed by atoms with E-state index in [4.69, 9.17) is 0 Å². The van der Waals surface area contributed by atoms with Gasteiger partial charge in [-0.2, -0.15) is 0 Å². The summed E-state index contributed by atoms with van der Waals surface area (Å²) in [4.78, 5) is 34.8. The Balaban J connectivity index is 2.19. The fourth-order valence-corrected chi connectivity index (χ4v) is 2.53. The average molecular weight is 280 g/mol. The SMILES string of the molecule is O=Cc1ccc(C2(c3ccccc3)NC(=O)NC2=O)cc1. The van der Waals surface area contributed by atoms with Crippen molar-refractivity contribution in [1.82, 2.24) is 10.6 Å². The lowest BCUT2D eigenvalue weighted by Crippen LogP contribution is -2.44. The third kappa shape index (κ3) is 1.99. The molecule has 1 unspecified atom stereocenters. The number of benzene rings is 2. The molecule has 1 heterocycles. The highest BCUT2D eigenvalue weighted by molar-refractivity contribution is 6.09. The molecule has 3 amide bonds. The molecule has 2 N–H and O–H groups in total. The van der Waals surface area contributed by atoms with Crippen LogP contribution in [0.3, 0.4) is 0 Å². The Morgan fingerprint density at radius 1 is 0.857 bits per heavy atom. The Morgan fingerprint density at radius 3 is 2.00 bits per heavy atom. The first-order valence-corrected chi connectivity index (χ1v) is 6.41. The molecule has 2 aromatic rings. The van der Waals surface area contributed by atoms with Crippen LogP contribution in [0.25, 0.3) is 0 Å². The molecule has 1 aliphatic heterocycles. The van der Waals surface area contributed by atoms with Gasteiger partial charge < -0.3 is 5.32 Å². The highest BCUT2D eigenvalue weighted by atomic mass is 16.2. The number of amides is 3. The van der Waals surface area contributed by atoms with Crippen molar-refractivity contribution in [3.63, 3.8) is 0 Å². The maximum absolute atomic E-state index is 12.4. The summed E-state index contributed by atoms with van der Waals surface area (Å²) in [5, 5.41) is 4.97. The van der Waals surface area contributed by atoms with Crippen molar-refractivity contribution in [3.8, 4) is 0 Å². The monoisotopic (exact) mass is 280 g/mol. The van der Waals surface area contributed by atoms with Gasteiger partial charge >= 0.3 is 6.03 Å². The molecule has 0 aliphatic carbocycles. The molecule has 5 nitrogen and oxygen atoms in total. The first kappa shape index (κ1) is 13.1. The topological polar surface area (TPSA) is 75.3 Å². The number of imide groups is 1. The van der Waals surface area contributed by atoms with Gasteiger partial charge in [0.1, 0.15) is 6.29 Å². The van der Waals surface area contributed by atoms with Gasteiger partial charge in [0.15, 0.2) is 5.54 Å². The summed E-state index contributed by atoms with van der Waals surface area (Å²) >= 11 is 0. The van der Waals surface area contributed by atoms with Crippen LogP contribution in [0.1, 0.15) is 21.5 Å². The molecule has 0 spiro atoms. The number of carbonyl (C=O) groups excluding carboxylic acids is 3. The molecule has 1 saturated heterocycles. The van der Waals surface area contributed by atoms with Gasteiger partial charge in [-0.25, -0.2) is 4.79 Å². The molecular formula is C16H12N2O3. The largest absolute Gasteiger partial charge is 0.322 e. The maximum Gasteiger partial charge on any atom is 0.322 e. The van der Waals surface area contributed by atoms with Crippen LogP contribution in [-0.2, 0) is 10.3 Å². The molecule has 3 rings (SSSR count). The van der Waals surface area contributed by atoms with Crippen LogP contribution in [0, 0.1) is 0 Å². The zero-order valence-electron chi connectivity index (χ0n) is 11.0. The van der Waals surface area contributed by atoms with Crippen molar-refractivity contribution >= 4 is 18.2 Å². The van der Waals surface area contributed by atoms with Crippen LogP contribution >= 0.6 is 0 Å². The van der Waals surface area contributed by atoms with Gasteiger partial charge in [0.25, 0.3) is 5.91 Å². The Morgan fingerprint density at radius 2 is 1.48 bits per heavy atom. The van der Waals surface area contributed by atoms with Crippen molar-refractivity contribution in [1.29, 1.82) is 0 Å².